The zero-order valence-electron chi connectivity index (χ0n) is 9.83. The van der Waals surface area contributed by atoms with Crippen LogP contribution in [0.4, 0.5) is 5.82 Å². The molecule has 2 rings (SSSR count). The summed E-state index contributed by atoms with van der Waals surface area (Å²) in [6, 6.07) is 2.13. The van der Waals surface area contributed by atoms with Crippen molar-refractivity contribution in [3.63, 3.8) is 0 Å². The van der Waals surface area contributed by atoms with Gasteiger partial charge in [-0.15, -0.1) is 0 Å². The minimum atomic E-state index is 0.750. The minimum absolute atomic E-state index is 0.750. The molecule has 0 spiro atoms. The quantitative estimate of drug-likeness (QED) is 0.922. The summed E-state index contributed by atoms with van der Waals surface area (Å²) in [4.78, 5) is 6.88. The summed E-state index contributed by atoms with van der Waals surface area (Å²) in [7, 11) is 2.02. The number of aromatic nitrogens is 1. The van der Waals surface area contributed by atoms with Gasteiger partial charge in [-0.1, -0.05) is 0 Å². The molecule has 0 radical (unpaired) electrons. The zero-order chi connectivity index (χ0) is 11.5. The molecule has 1 N–H and O–H groups in total. The Labute approximate surface area is 105 Å². The topological polar surface area (TPSA) is 28.2 Å². The number of hydrogen-bond acceptors (Lipinski definition) is 3. The van der Waals surface area contributed by atoms with Crippen LogP contribution in [0.5, 0.6) is 0 Å². The first-order chi connectivity index (χ1) is 7.70. The monoisotopic (exact) mass is 283 g/mol. The van der Waals surface area contributed by atoms with E-state index in [2.05, 4.69) is 44.1 Å². The molecule has 2 heterocycles. The van der Waals surface area contributed by atoms with Crippen LogP contribution >= 0.6 is 15.9 Å². The Morgan fingerprint density at radius 3 is 3.12 bits per heavy atom. The number of halogens is 1. The summed E-state index contributed by atoms with van der Waals surface area (Å²) < 4.78 is 1.11. The van der Waals surface area contributed by atoms with E-state index in [1.807, 2.05) is 13.2 Å². The second-order valence-electron chi connectivity index (χ2n) is 4.48. The summed E-state index contributed by atoms with van der Waals surface area (Å²) in [5.41, 5.74) is 1.20. The number of aryl methyl sites for hydroxylation is 1. The van der Waals surface area contributed by atoms with Crippen molar-refractivity contribution in [3.05, 3.63) is 22.3 Å². The van der Waals surface area contributed by atoms with Gasteiger partial charge in [0.25, 0.3) is 0 Å². The van der Waals surface area contributed by atoms with Crippen LogP contribution in [0.25, 0.3) is 0 Å². The number of anilines is 1. The number of pyridine rings is 1. The van der Waals surface area contributed by atoms with E-state index in [0.29, 0.717) is 0 Å². The summed E-state index contributed by atoms with van der Waals surface area (Å²) >= 11 is 3.60. The Bertz CT molecular complexity index is 367. The van der Waals surface area contributed by atoms with E-state index in [1.54, 1.807) is 0 Å². The molecule has 1 atom stereocenters. The first-order valence-electron chi connectivity index (χ1n) is 5.72. The lowest BCUT2D eigenvalue weighted by atomic mass is 10.1. The van der Waals surface area contributed by atoms with E-state index >= 15 is 0 Å². The highest BCUT2D eigenvalue weighted by atomic mass is 79.9. The van der Waals surface area contributed by atoms with Gasteiger partial charge in [0.1, 0.15) is 5.82 Å². The fraction of sp³-hybridized carbons (Fsp3) is 0.583. The molecule has 0 saturated carbocycles. The van der Waals surface area contributed by atoms with E-state index in [1.165, 1.54) is 12.0 Å². The maximum absolute atomic E-state index is 4.51. The van der Waals surface area contributed by atoms with Gasteiger partial charge in [0.05, 0.1) is 4.47 Å². The predicted octanol–water partition coefficient (Wildman–Crippen LogP) is 2.20. The van der Waals surface area contributed by atoms with Crippen molar-refractivity contribution in [1.29, 1.82) is 0 Å². The second-order valence-corrected chi connectivity index (χ2v) is 5.33. The molecule has 1 aromatic rings. The standard InChI is InChI=1S/C12H18BrN3/c1-9-5-11(13)12(15-6-9)16-4-3-10(8-16)7-14-2/h5-6,10,14H,3-4,7-8H2,1-2H3. The average Bonchev–Trinajstić information content (AvgIpc) is 2.67. The van der Waals surface area contributed by atoms with Crippen molar-refractivity contribution in [3.8, 4) is 0 Å². The summed E-state index contributed by atoms with van der Waals surface area (Å²) in [5, 5.41) is 3.25. The van der Waals surface area contributed by atoms with Crippen LogP contribution in [0.3, 0.4) is 0 Å². The van der Waals surface area contributed by atoms with E-state index in [0.717, 1.165) is 35.8 Å². The molecule has 3 nitrogen and oxygen atoms in total. The maximum Gasteiger partial charge on any atom is 0.142 e. The van der Waals surface area contributed by atoms with Crippen LogP contribution < -0.4 is 10.2 Å². The van der Waals surface area contributed by atoms with Crippen molar-refractivity contribution < 1.29 is 0 Å². The normalized spacial score (nSPS) is 20.4. The van der Waals surface area contributed by atoms with Gasteiger partial charge >= 0.3 is 0 Å². The van der Waals surface area contributed by atoms with Gasteiger partial charge in [0.15, 0.2) is 0 Å². The van der Waals surface area contributed by atoms with Gasteiger partial charge in [-0.25, -0.2) is 4.98 Å². The molecule has 1 aromatic heterocycles. The highest BCUT2D eigenvalue weighted by molar-refractivity contribution is 9.10. The van der Waals surface area contributed by atoms with E-state index in [9.17, 15) is 0 Å². The lowest BCUT2D eigenvalue weighted by Crippen LogP contribution is -2.25. The van der Waals surface area contributed by atoms with Crippen LogP contribution in [0.1, 0.15) is 12.0 Å². The van der Waals surface area contributed by atoms with Crippen molar-refractivity contribution in [2.24, 2.45) is 5.92 Å². The molecule has 0 bridgehead atoms. The van der Waals surface area contributed by atoms with Crippen molar-refractivity contribution >= 4 is 21.7 Å². The van der Waals surface area contributed by atoms with E-state index in [4.69, 9.17) is 0 Å². The van der Waals surface area contributed by atoms with Gasteiger partial charge < -0.3 is 10.2 Å². The van der Waals surface area contributed by atoms with Crippen LogP contribution in [0, 0.1) is 12.8 Å². The van der Waals surface area contributed by atoms with E-state index < -0.39 is 0 Å². The lowest BCUT2D eigenvalue weighted by molar-refractivity contribution is 0.549. The maximum atomic E-state index is 4.51. The average molecular weight is 284 g/mol. The first kappa shape index (κ1) is 11.9. The van der Waals surface area contributed by atoms with Gasteiger partial charge in [-0.2, -0.15) is 0 Å². The van der Waals surface area contributed by atoms with Gasteiger partial charge in [-0.3, -0.25) is 0 Å². The number of rotatable bonds is 3. The van der Waals surface area contributed by atoms with Crippen molar-refractivity contribution in [2.75, 3.05) is 31.6 Å². The Balaban J connectivity index is 2.08. The Morgan fingerprint density at radius 2 is 2.44 bits per heavy atom. The van der Waals surface area contributed by atoms with Gasteiger partial charge in [-0.05, 0) is 60.4 Å². The molecule has 4 heteroatoms. The highest BCUT2D eigenvalue weighted by Gasteiger charge is 2.24. The molecule has 0 aliphatic carbocycles. The summed E-state index contributed by atoms with van der Waals surface area (Å²) in [6.45, 7) is 5.38. The molecule has 1 aliphatic rings. The smallest absolute Gasteiger partial charge is 0.142 e. The molecular weight excluding hydrogens is 266 g/mol. The van der Waals surface area contributed by atoms with Crippen molar-refractivity contribution in [2.45, 2.75) is 13.3 Å². The molecule has 1 aliphatic heterocycles. The van der Waals surface area contributed by atoms with E-state index in [-0.39, 0.29) is 0 Å². The Morgan fingerprint density at radius 1 is 1.62 bits per heavy atom. The highest BCUT2D eigenvalue weighted by Crippen LogP contribution is 2.28. The van der Waals surface area contributed by atoms with Gasteiger partial charge in [0, 0.05) is 19.3 Å². The number of nitrogens with one attached hydrogen (secondary N) is 1. The molecule has 88 valence electrons. The fourth-order valence-electron chi connectivity index (χ4n) is 2.24. The van der Waals surface area contributed by atoms with Crippen LogP contribution in [0.15, 0.2) is 16.7 Å². The molecule has 1 fully saturated rings. The van der Waals surface area contributed by atoms with Crippen LogP contribution in [-0.4, -0.2) is 31.7 Å². The second kappa shape index (κ2) is 5.15. The first-order valence-corrected chi connectivity index (χ1v) is 6.51. The third kappa shape index (κ3) is 2.55. The molecule has 1 saturated heterocycles. The minimum Gasteiger partial charge on any atom is -0.355 e. The molecular formula is C12H18BrN3. The van der Waals surface area contributed by atoms with Crippen LogP contribution in [-0.2, 0) is 0 Å². The zero-order valence-corrected chi connectivity index (χ0v) is 11.4. The summed E-state index contributed by atoms with van der Waals surface area (Å²) in [5.74, 6) is 1.84. The van der Waals surface area contributed by atoms with Crippen LogP contribution in [0.2, 0.25) is 0 Å². The lowest BCUT2D eigenvalue weighted by Gasteiger charge is -2.19. The number of hydrogen-bond donors (Lipinski definition) is 1. The Kier molecular flexibility index (Phi) is 3.82. The third-order valence-electron chi connectivity index (χ3n) is 3.04. The molecule has 0 amide bonds. The predicted molar refractivity (Wildman–Crippen MR) is 70.9 cm³/mol. The summed E-state index contributed by atoms with van der Waals surface area (Å²) in [6.07, 6.45) is 3.19. The molecule has 1 unspecified atom stereocenters. The SMILES string of the molecule is CNCC1CCN(c2ncc(C)cc2Br)C1. The van der Waals surface area contributed by atoms with Crippen molar-refractivity contribution in [1.82, 2.24) is 10.3 Å². The third-order valence-corrected chi connectivity index (χ3v) is 3.62. The number of nitrogens with zero attached hydrogens (tertiary/aromatic N) is 2. The molecule has 0 aromatic carbocycles. The Hall–Kier alpha value is -0.610. The largest absolute Gasteiger partial charge is 0.355 e. The molecule has 16 heavy (non-hydrogen) atoms. The fourth-order valence-corrected chi connectivity index (χ4v) is 2.95. The van der Waals surface area contributed by atoms with Gasteiger partial charge in [0.2, 0.25) is 0 Å².